The van der Waals surface area contributed by atoms with Crippen LogP contribution >= 0.6 is 0 Å². The molecule has 2 aromatic carbocycles. The molecule has 0 radical (unpaired) electrons. The lowest BCUT2D eigenvalue weighted by Crippen LogP contribution is -2.16. The molecule has 14 heteroatoms. The minimum atomic E-state index is -4.67. The van der Waals surface area contributed by atoms with Crippen LogP contribution in [0, 0.1) is 0 Å². The molecule has 0 unspecified atom stereocenters. The summed E-state index contributed by atoms with van der Waals surface area (Å²) in [4.78, 5) is 11.2. The average Bonchev–Trinajstić information content (AvgIpc) is 2.61. The van der Waals surface area contributed by atoms with Crippen LogP contribution in [0.4, 0.5) is 11.4 Å². The summed E-state index contributed by atoms with van der Waals surface area (Å²) < 4.78 is 63.5. The number of aliphatic hydroxyl groups is 1. The van der Waals surface area contributed by atoms with Crippen LogP contribution in [0.2, 0.25) is 0 Å². The molecule has 0 saturated carbocycles. The summed E-state index contributed by atoms with van der Waals surface area (Å²) >= 11 is 0. The summed E-state index contributed by atoms with van der Waals surface area (Å²) in [6.45, 7) is 1.07. The van der Waals surface area contributed by atoms with Crippen LogP contribution < -0.4 is 5.32 Å². The summed E-state index contributed by atoms with van der Waals surface area (Å²) in [5.41, 5.74) is -1.47. The molecule has 0 saturated heterocycles. The Morgan fingerprint density at radius 2 is 1.63 bits per heavy atom. The highest BCUT2D eigenvalue weighted by Crippen LogP contribution is 2.30. The second-order valence-corrected chi connectivity index (χ2v) is 8.50. The van der Waals surface area contributed by atoms with Crippen LogP contribution in [0.25, 0.3) is 0 Å². The van der Waals surface area contributed by atoms with E-state index in [9.17, 15) is 36.4 Å². The van der Waals surface area contributed by atoms with Gasteiger partial charge in [-0.3, -0.25) is 13.9 Å². The van der Waals surface area contributed by atoms with Crippen molar-refractivity contribution < 1.29 is 40.9 Å². The zero-order valence-electron chi connectivity index (χ0n) is 15.1. The van der Waals surface area contributed by atoms with Crippen molar-refractivity contribution in [1.29, 1.82) is 0 Å². The van der Waals surface area contributed by atoms with E-state index >= 15 is 0 Å². The number of phenols is 1. The molecule has 2 rings (SSSR count). The summed E-state index contributed by atoms with van der Waals surface area (Å²) in [5, 5.41) is 28.6. The number of benzene rings is 2. The number of azo groups is 1. The minimum absolute atomic E-state index is 0.310. The Balaban J connectivity index is 2.40. The largest absolute Gasteiger partial charge is 0.510 e. The average molecular weight is 457 g/mol. The molecule has 0 aliphatic carbocycles. The number of nitrogens with zero attached hydrogens (tertiary/aromatic N) is 2. The van der Waals surface area contributed by atoms with E-state index in [4.69, 9.17) is 4.55 Å². The van der Waals surface area contributed by atoms with E-state index in [0.29, 0.717) is 0 Å². The number of amides is 1. The summed E-state index contributed by atoms with van der Waals surface area (Å²) in [6.07, 6.45) is 0. The molecular weight excluding hydrogens is 442 g/mol. The lowest BCUT2D eigenvalue weighted by Gasteiger charge is -2.09. The predicted octanol–water partition coefficient (Wildman–Crippen LogP) is 2.40. The smallest absolute Gasteiger partial charge is 0.296 e. The van der Waals surface area contributed by atoms with Crippen molar-refractivity contribution in [3.05, 3.63) is 53.9 Å². The molecule has 30 heavy (non-hydrogen) atoms. The summed E-state index contributed by atoms with van der Waals surface area (Å²) in [6, 6.07) is 7.46. The van der Waals surface area contributed by atoms with Crippen LogP contribution in [0.1, 0.15) is 6.92 Å². The SMILES string of the molecule is C/C(O)=C(/N=N/c1cc(S(=O)(=O)O)ccc1O)C(=O)Nc1ccccc1S(=O)(=O)O. The van der Waals surface area contributed by atoms with Crippen LogP contribution in [0.3, 0.4) is 0 Å². The first-order valence-electron chi connectivity index (χ1n) is 7.80. The fourth-order valence-corrected chi connectivity index (χ4v) is 3.25. The van der Waals surface area contributed by atoms with Gasteiger partial charge in [-0.1, -0.05) is 12.1 Å². The number of carbonyl (C=O) groups excluding carboxylic acids is 1. The fourth-order valence-electron chi connectivity index (χ4n) is 2.11. The third-order valence-electron chi connectivity index (χ3n) is 3.47. The molecule has 5 N–H and O–H groups in total. The lowest BCUT2D eigenvalue weighted by molar-refractivity contribution is -0.113. The molecule has 0 heterocycles. The number of phenolic OH excluding ortho intramolecular Hbond substituents is 1. The van der Waals surface area contributed by atoms with Gasteiger partial charge in [-0.25, -0.2) is 0 Å². The van der Waals surface area contributed by atoms with Crippen molar-refractivity contribution in [3.63, 3.8) is 0 Å². The zero-order valence-corrected chi connectivity index (χ0v) is 16.7. The number of para-hydroxylation sites is 1. The van der Waals surface area contributed by atoms with Crippen molar-refractivity contribution in [2.24, 2.45) is 10.2 Å². The second-order valence-electron chi connectivity index (χ2n) is 5.68. The molecule has 2 aromatic rings. The van der Waals surface area contributed by atoms with Crippen LogP contribution in [0.15, 0.2) is 73.9 Å². The Hall–Kier alpha value is -3.33. The highest BCUT2D eigenvalue weighted by molar-refractivity contribution is 7.86. The third kappa shape index (κ3) is 5.60. The summed E-state index contributed by atoms with van der Waals surface area (Å²) in [7, 11) is -9.27. The van der Waals surface area contributed by atoms with Gasteiger partial charge in [-0.15, -0.1) is 10.2 Å². The Morgan fingerprint density at radius 3 is 2.20 bits per heavy atom. The van der Waals surface area contributed by atoms with Crippen molar-refractivity contribution in [2.75, 3.05) is 5.32 Å². The first-order chi connectivity index (χ1) is 13.8. The normalized spacial score (nSPS) is 13.2. The molecule has 160 valence electrons. The number of allylic oxidation sites excluding steroid dienone is 1. The van der Waals surface area contributed by atoms with Crippen LogP contribution in [0.5, 0.6) is 5.75 Å². The number of anilines is 1. The van der Waals surface area contributed by atoms with Crippen molar-refractivity contribution in [3.8, 4) is 5.75 Å². The van der Waals surface area contributed by atoms with Crippen molar-refractivity contribution in [1.82, 2.24) is 0 Å². The molecular formula is C16H15N3O9S2. The van der Waals surface area contributed by atoms with Gasteiger partial charge in [-0.2, -0.15) is 16.8 Å². The van der Waals surface area contributed by atoms with Gasteiger partial charge < -0.3 is 15.5 Å². The number of hydrogen-bond acceptors (Lipinski definition) is 9. The van der Waals surface area contributed by atoms with E-state index in [2.05, 4.69) is 15.5 Å². The van der Waals surface area contributed by atoms with E-state index < -0.39 is 58.8 Å². The summed E-state index contributed by atoms with van der Waals surface area (Å²) in [5.74, 6) is -2.32. The zero-order chi connectivity index (χ0) is 22.7. The van der Waals surface area contributed by atoms with Crippen LogP contribution in [-0.2, 0) is 25.0 Å². The fraction of sp³-hybridized carbons (Fsp3) is 0.0625. The monoisotopic (exact) mass is 457 g/mol. The molecule has 0 aliphatic rings. The number of rotatable bonds is 6. The maximum atomic E-state index is 12.4. The van der Waals surface area contributed by atoms with Crippen molar-refractivity contribution >= 4 is 37.5 Å². The predicted molar refractivity (Wildman–Crippen MR) is 103 cm³/mol. The van der Waals surface area contributed by atoms with Gasteiger partial charge >= 0.3 is 0 Å². The van der Waals surface area contributed by atoms with Crippen molar-refractivity contribution in [2.45, 2.75) is 16.7 Å². The van der Waals surface area contributed by atoms with E-state index in [1.165, 1.54) is 18.2 Å². The highest BCUT2D eigenvalue weighted by atomic mass is 32.2. The third-order valence-corrected chi connectivity index (χ3v) is 5.23. The molecule has 12 nitrogen and oxygen atoms in total. The maximum Gasteiger partial charge on any atom is 0.296 e. The number of hydrogen-bond donors (Lipinski definition) is 5. The quantitative estimate of drug-likeness (QED) is 0.187. The molecule has 0 aliphatic heterocycles. The standard InChI is InChI=1S/C16H15N3O9S2/c1-9(20)15(16(22)17-11-4-2-3-5-14(11)30(26,27)28)19-18-12-8-10(29(23,24)25)6-7-13(12)21/h2-8,20-21H,1H3,(H,17,22)(H,23,24,25)(H,26,27,28)/b15-9-,19-18+. The van der Waals surface area contributed by atoms with E-state index in [1.807, 2.05) is 0 Å². The van der Waals surface area contributed by atoms with Gasteiger partial charge in [0.15, 0.2) is 5.70 Å². The first-order valence-corrected chi connectivity index (χ1v) is 10.7. The molecule has 0 spiro atoms. The number of aliphatic hydroxyl groups excluding tert-OH is 1. The van der Waals surface area contributed by atoms with Crippen LogP contribution in [-0.4, -0.2) is 42.1 Å². The maximum absolute atomic E-state index is 12.4. The van der Waals surface area contributed by atoms with E-state index in [-0.39, 0.29) is 5.69 Å². The van der Waals surface area contributed by atoms with E-state index in [1.54, 1.807) is 0 Å². The second kappa shape index (κ2) is 8.58. The van der Waals surface area contributed by atoms with Gasteiger partial charge in [0.25, 0.3) is 26.1 Å². The number of nitrogens with one attached hydrogen (secondary N) is 1. The van der Waals surface area contributed by atoms with Gasteiger partial charge in [0.2, 0.25) is 0 Å². The minimum Gasteiger partial charge on any atom is -0.510 e. The Bertz CT molecular complexity index is 1260. The van der Waals surface area contributed by atoms with Gasteiger partial charge in [0.05, 0.1) is 10.6 Å². The topological polar surface area (TPSA) is 203 Å². The van der Waals surface area contributed by atoms with Gasteiger partial charge in [0, 0.05) is 0 Å². The van der Waals surface area contributed by atoms with Gasteiger partial charge in [-0.05, 0) is 37.3 Å². The van der Waals surface area contributed by atoms with E-state index in [0.717, 1.165) is 31.2 Å². The molecule has 0 bridgehead atoms. The molecule has 0 aromatic heterocycles. The number of aromatic hydroxyl groups is 1. The first kappa shape index (κ1) is 23.0. The lowest BCUT2D eigenvalue weighted by atomic mass is 10.3. The Kier molecular flexibility index (Phi) is 6.57. The molecule has 0 atom stereocenters. The Morgan fingerprint density at radius 1 is 1.00 bits per heavy atom. The van der Waals surface area contributed by atoms with Gasteiger partial charge in [0.1, 0.15) is 22.1 Å². The molecule has 0 fully saturated rings. The molecule has 1 amide bonds. The highest BCUT2D eigenvalue weighted by Gasteiger charge is 2.20. The number of carbonyl (C=O) groups is 1. The Labute approximate surface area is 170 Å².